The summed E-state index contributed by atoms with van der Waals surface area (Å²) in [7, 11) is 0. The minimum absolute atomic E-state index is 0.174. The topological polar surface area (TPSA) is 134 Å². The van der Waals surface area contributed by atoms with Crippen LogP contribution in [0, 0.1) is 11.3 Å². The third kappa shape index (κ3) is 3.72. The molecule has 0 radical (unpaired) electrons. The zero-order valence-electron chi connectivity index (χ0n) is 13.8. The Morgan fingerprint density at radius 2 is 2.35 bits per heavy atom. The molecular formula is C16H17BrN6O3. The molecule has 0 saturated carbocycles. The Morgan fingerprint density at radius 3 is 3.08 bits per heavy atom. The first kappa shape index (κ1) is 18.0. The van der Waals surface area contributed by atoms with Crippen LogP contribution in [-0.2, 0) is 4.79 Å². The van der Waals surface area contributed by atoms with E-state index in [2.05, 4.69) is 41.4 Å². The van der Waals surface area contributed by atoms with Crippen LogP contribution in [0.4, 0.5) is 16.2 Å². The predicted octanol–water partition coefficient (Wildman–Crippen LogP) is 2.41. The van der Waals surface area contributed by atoms with Crippen LogP contribution in [-0.4, -0.2) is 46.2 Å². The lowest BCUT2D eigenvalue weighted by Gasteiger charge is -2.35. The summed E-state index contributed by atoms with van der Waals surface area (Å²) in [6, 6.07) is 1.65. The first-order valence-corrected chi connectivity index (χ1v) is 8.85. The number of aromatic nitrogens is 2. The summed E-state index contributed by atoms with van der Waals surface area (Å²) in [5.74, 6) is -0.400. The molecule has 1 fully saturated rings. The van der Waals surface area contributed by atoms with Gasteiger partial charge in [0, 0.05) is 31.5 Å². The molecule has 2 aromatic heterocycles. The Labute approximate surface area is 157 Å². The standard InChI is InChI=1S/C16H17BrN6O3/c17-10-6-19-15-13(11(7-20-15)22-12(24)3-4-18)14(10)23-5-1-2-9(8-23)21-16(25)26/h6-7,9,21H,1-3,5,8H2,(H,19,20)(H,22,24)(H,25,26). The highest BCUT2D eigenvalue weighted by molar-refractivity contribution is 9.10. The van der Waals surface area contributed by atoms with Gasteiger partial charge in [-0.15, -0.1) is 0 Å². The lowest BCUT2D eigenvalue weighted by atomic mass is 10.0. The molecule has 1 aliphatic heterocycles. The fourth-order valence-corrected chi connectivity index (χ4v) is 3.75. The number of nitriles is 1. The van der Waals surface area contributed by atoms with Crippen molar-refractivity contribution in [3.05, 3.63) is 16.9 Å². The number of H-pyrrole nitrogens is 1. The largest absolute Gasteiger partial charge is 0.465 e. The number of nitrogens with zero attached hydrogens (tertiary/aromatic N) is 3. The third-order valence-electron chi connectivity index (χ3n) is 4.21. The van der Waals surface area contributed by atoms with Gasteiger partial charge in [-0.1, -0.05) is 0 Å². The number of halogens is 1. The molecule has 1 unspecified atom stereocenters. The number of carboxylic acid groups (broad SMARTS) is 1. The van der Waals surface area contributed by atoms with Crippen molar-refractivity contribution in [2.45, 2.75) is 25.3 Å². The number of carbonyl (C=O) groups excluding carboxylic acids is 1. The Kier molecular flexibility index (Phi) is 5.27. The van der Waals surface area contributed by atoms with Gasteiger partial charge in [0.2, 0.25) is 5.91 Å². The second-order valence-corrected chi connectivity index (χ2v) is 6.85. The van der Waals surface area contributed by atoms with Crippen LogP contribution in [0.25, 0.3) is 11.0 Å². The fraction of sp³-hybridized carbons (Fsp3) is 0.375. The lowest BCUT2D eigenvalue weighted by molar-refractivity contribution is -0.115. The molecule has 0 spiro atoms. The van der Waals surface area contributed by atoms with Gasteiger partial charge in [-0.2, -0.15) is 5.26 Å². The highest BCUT2D eigenvalue weighted by Gasteiger charge is 2.26. The van der Waals surface area contributed by atoms with Crippen LogP contribution in [0.2, 0.25) is 0 Å². The van der Waals surface area contributed by atoms with Gasteiger partial charge < -0.3 is 25.6 Å². The number of amides is 2. The molecule has 3 heterocycles. The normalized spacial score (nSPS) is 16.9. The fourth-order valence-electron chi connectivity index (χ4n) is 3.20. The summed E-state index contributed by atoms with van der Waals surface area (Å²) in [5, 5.41) is 23.6. The maximum absolute atomic E-state index is 11.8. The molecule has 0 bridgehead atoms. The Hall–Kier alpha value is -2.80. The van der Waals surface area contributed by atoms with Gasteiger partial charge in [-0.25, -0.2) is 9.78 Å². The molecule has 4 N–H and O–H groups in total. The molecular weight excluding hydrogens is 404 g/mol. The van der Waals surface area contributed by atoms with E-state index in [9.17, 15) is 9.59 Å². The van der Waals surface area contributed by atoms with Crippen molar-refractivity contribution in [1.29, 1.82) is 5.26 Å². The minimum Gasteiger partial charge on any atom is -0.465 e. The third-order valence-corrected chi connectivity index (χ3v) is 4.79. The second kappa shape index (κ2) is 7.61. The quantitative estimate of drug-likeness (QED) is 0.599. The lowest BCUT2D eigenvalue weighted by Crippen LogP contribution is -2.47. The summed E-state index contributed by atoms with van der Waals surface area (Å²) in [5.41, 5.74) is 1.97. The molecule has 2 amide bonds. The van der Waals surface area contributed by atoms with E-state index >= 15 is 0 Å². The summed E-state index contributed by atoms with van der Waals surface area (Å²) in [4.78, 5) is 32.2. The summed E-state index contributed by atoms with van der Waals surface area (Å²) < 4.78 is 0.747. The van der Waals surface area contributed by atoms with Crippen LogP contribution in [0.15, 0.2) is 16.9 Å². The first-order valence-electron chi connectivity index (χ1n) is 8.06. The van der Waals surface area contributed by atoms with E-state index in [0.29, 0.717) is 17.9 Å². The van der Waals surface area contributed by atoms with Crippen molar-refractivity contribution in [1.82, 2.24) is 15.3 Å². The molecule has 1 aliphatic rings. The minimum atomic E-state index is -1.04. The predicted molar refractivity (Wildman–Crippen MR) is 99.0 cm³/mol. The van der Waals surface area contributed by atoms with Gasteiger partial charge in [0.25, 0.3) is 0 Å². The van der Waals surface area contributed by atoms with E-state index in [1.165, 1.54) is 0 Å². The van der Waals surface area contributed by atoms with Gasteiger partial charge in [-0.05, 0) is 28.8 Å². The highest BCUT2D eigenvalue weighted by Crippen LogP contribution is 2.38. The van der Waals surface area contributed by atoms with Crippen LogP contribution < -0.4 is 15.5 Å². The van der Waals surface area contributed by atoms with Crippen molar-refractivity contribution in [2.24, 2.45) is 0 Å². The second-order valence-electron chi connectivity index (χ2n) is 6.00. The number of rotatable bonds is 4. The molecule has 1 atom stereocenters. The highest BCUT2D eigenvalue weighted by atomic mass is 79.9. The van der Waals surface area contributed by atoms with Crippen LogP contribution in [0.5, 0.6) is 0 Å². The SMILES string of the molecule is N#CCC(=O)Nc1c[nH]c2ncc(Br)c(N3CCCC(NC(=O)O)C3)c12. The zero-order chi connectivity index (χ0) is 18.7. The first-order chi connectivity index (χ1) is 12.5. The number of anilines is 2. The number of pyridine rings is 1. The van der Waals surface area contributed by atoms with Crippen LogP contribution >= 0.6 is 15.9 Å². The number of aromatic amines is 1. The molecule has 3 rings (SSSR count). The molecule has 9 nitrogen and oxygen atoms in total. The average Bonchev–Trinajstić information content (AvgIpc) is 2.97. The number of carbonyl (C=O) groups is 2. The molecule has 0 aromatic carbocycles. The average molecular weight is 421 g/mol. The van der Waals surface area contributed by atoms with Crippen molar-refractivity contribution >= 4 is 50.3 Å². The van der Waals surface area contributed by atoms with E-state index < -0.39 is 12.0 Å². The maximum Gasteiger partial charge on any atom is 0.404 e. The van der Waals surface area contributed by atoms with E-state index in [-0.39, 0.29) is 12.5 Å². The van der Waals surface area contributed by atoms with Crippen LogP contribution in [0.1, 0.15) is 19.3 Å². The number of hydrogen-bond acceptors (Lipinski definition) is 5. The van der Waals surface area contributed by atoms with Gasteiger partial charge in [-0.3, -0.25) is 4.79 Å². The molecule has 0 aliphatic carbocycles. The van der Waals surface area contributed by atoms with Gasteiger partial charge in [0.1, 0.15) is 12.1 Å². The van der Waals surface area contributed by atoms with E-state index in [1.807, 2.05) is 6.07 Å². The van der Waals surface area contributed by atoms with Crippen molar-refractivity contribution in [2.75, 3.05) is 23.3 Å². The molecule has 136 valence electrons. The van der Waals surface area contributed by atoms with Gasteiger partial charge in [0.15, 0.2) is 0 Å². The zero-order valence-corrected chi connectivity index (χ0v) is 15.3. The van der Waals surface area contributed by atoms with Crippen molar-refractivity contribution in [3.63, 3.8) is 0 Å². The molecule has 10 heteroatoms. The maximum atomic E-state index is 11.8. The monoisotopic (exact) mass is 420 g/mol. The Balaban J connectivity index is 1.97. The van der Waals surface area contributed by atoms with Gasteiger partial charge >= 0.3 is 6.09 Å². The molecule has 1 saturated heterocycles. The number of fused-ring (bicyclic) bond motifs is 1. The van der Waals surface area contributed by atoms with E-state index in [0.717, 1.165) is 34.9 Å². The number of hydrogen-bond donors (Lipinski definition) is 4. The van der Waals surface area contributed by atoms with E-state index in [1.54, 1.807) is 12.4 Å². The van der Waals surface area contributed by atoms with Gasteiger partial charge in [0.05, 0.1) is 27.3 Å². The number of nitrogens with one attached hydrogen (secondary N) is 3. The van der Waals surface area contributed by atoms with Crippen molar-refractivity contribution in [3.8, 4) is 6.07 Å². The van der Waals surface area contributed by atoms with E-state index in [4.69, 9.17) is 10.4 Å². The Morgan fingerprint density at radius 1 is 1.54 bits per heavy atom. The number of piperidine rings is 1. The summed E-state index contributed by atoms with van der Waals surface area (Å²) in [6.45, 7) is 1.27. The smallest absolute Gasteiger partial charge is 0.404 e. The van der Waals surface area contributed by atoms with Crippen LogP contribution in [0.3, 0.4) is 0 Å². The molecule has 2 aromatic rings. The molecule has 26 heavy (non-hydrogen) atoms. The van der Waals surface area contributed by atoms with Crippen molar-refractivity contribution < 1.29 is 14.7 Å². The summed E-state index contributed by atoms with van der Waals surface area (Å²) >= 11 is 3.52. The Bertz CT molecular complexity index is 890. The summed E-state index contributed by atoms with van der Waals surface area (Å²) in [6.07, 6.45) is 3.64.